The van der Waals surface area contributed by atoms with E-state index >= 15 is 0 Å². The predicted octanol–water partition coefficient (Wildman–Crippen LogP) is 1.12. The minimum Gasteiger partial charge on any atom is -0.459 e. The Bertz CT molecular complexity index is 565. The number of guanidine groups is 2. The first-order chi connectivity index (χ1) is 9.29. The van der Waals surface area contributed by atoms with Crippen LogP contribution in [0.2, 0.25) is 5.02 Å². The van der Waals surface area contributed by atoms with E-state index in [-0.39, 0.29) is 23.7 Å². The fourth-order valence-corrected chi connectivity index (χ4v) is 1.45. The second kappa shape index (κ2) is 6.76. The van der Waals surface area contributed by atoms with Crippen LogP contribution >= 0.6 is 11.6 Å². The summed E-state index contributed by atoms with van der Waals surface area (Å²) in [6.45, 7) is 3.51. The molecule has 0 aliphatic carbocycles. The van der Waals surface area contributed by atoms with E-state index in [1.807, 2.05) is 0 Å². The number of benzene rings is 1. The summed E-state index contributed by atoms with van der Waals surface area (Å²) >= 11 is 5.96. The average molecular weight is 298 g/mol. The maximum atomic E-state index is 11.8. The second-order valence-corrected chi connectivity index (χ2v) is 4.53. The zero-order valence-electron chi connectivity index (χ0n) is 11.1. The largest absolute Gasteiger partial charge is 0.459 e. The molecule has 6 N–H and O–H groups in total. The predicted molar refractivity (Wildman–Crippen MR) is 79.1 cm³/mol. The molecule has 0 bridgehead atoms. The minimum absolute atomic E-state index is 0.165. The number of nitrogens with two attached hydrogens (primary N) is 3. The summed E-state index contributed by atoms with van der Waals surface area (Å²) < 4.78 is 5.07. The maximum Gasteiger partial charge on any atom is 0.338 e. The number of nitrogens with zero attached hydrogens (tertiary/aromatic N) is 2. The SMILES string of the molecule is CC(C)OC(=O)c1ccc(Cl)c(N=C(N)N=C(N)N)c1. The smallest absolute Gasteiger partial charge is 0.338 e. The molecule has 1 aromatic rings. The van der Waals surface area contributed by atoms with E-state index in [0.717, 1.165) is 0 Å². The first-order valence-corrected chi connectivity index (χ1v) is 6.11. The van der Waals surface area contributed by atoms with Gasteiger partial charge in [0.2, 0.25) is 5.96 Å². The molecule has 0 unspecified atom stereocenters. The van der Waals surface area contributed by atoms with Crippen molar-refractivity contribution in [1.82, 2.24) is 0 Å². The van der Waals surface area contributed by atoms with Crippen LogP contribution in [0, 0.1) is 0 Å². The van der Waals surface area contributed by atoms with Gasteiger partial charge in [-0.1, -0.05) is 11.6 Å². The molecule has 1 rings (SSSR count). The Balaban J connectivity index is 3.09. The van der Waals surface area contributed by atoms with E-state index in [1.165, 1.54) is 18.2 Å². The van der Waals surface area contributed by atoms with Gasteiger partial charge >= 0.3 is 5.97 Å². The molecule has 0 spiro atoms. The number of halogens is 1. The molecule has 0 amide bonds. The topological polar surface area (TPSA) is 129 Å². The van der Waals surface area contributed by atoms with E-state index in [0.29, 0.717) is 10.6 Å². The second-order valence-electron chi connectivity index (χ2n) is 4.13. The summed E-state index contributed by atoms with van der Waals surface area (Å²) in [4.78, 5) is 19.3. The number of hydrogen-bond acceptors (Lipinski definition) is 3. The van der Waals surface area contributed by atoms with Crippen molar-refractivity contribution in [2.75, 3.05) is 0 Å². The van der Waals surface area contributed by atoms with Gasteiger partial charge in [-0.2, -0.15) is 4.99 Å². The van der Waals surface area contributed by atoms with E-state index in [9.17, 15) is 4.79 Å². The average Bonchev–Trinajstić information content (AvgIpc) is 2.29. The lowest BCUT2D eigenvalue weighted by molar-refractivity contribution is 0.0378. The van der Waals surface area contributed by atoms with Crippen LogP contribution in [0.25, 0.3) is 0 Å². The van der Waals surface area contributed by atoms with Crippen molar-refractivity contribution in [3.8, 4) is 0 Å². The van der Waals surface area contributed by atoms with Gasteiger partial charge in [-0.05, 0) is 32.0 Å². The van der Waals surface area contributed by atoms with Crippen LogP contribution in [-0.2, 0) is 4.74 Å². The molecule has 0 heterocycles. The number of hydrogen-bond donors (Lipinski definition) is 3. The molecule has 20 heavy (non-hydrogen) atoms. The molecule has 0 fully saturated rings. The third-order valence-corrected chi connectivity index (χ3v) is 2.32. The van der Waals surface area contributed by atoms with Crippen LogP contribution in [0.5, 0.6) is 0 Å². The molecular formula is C12H16ClN5O2. The van der Waals surface area contributed by atoms with Gasteiger partial charge in [-0.15, -0.1) is 0 Å². The van der Waals surface area contributed by atoms with Crippen molar-refractivity contribution >= 4 is 35.2 Å². The number of esters is 1. The van der Waals surface area contributed by atoms with Gasteiger partial charge in [0.15, 0.2) is 5.96 Å². The Hall–Kier alpha value is -2.28. The van der Waals surface area contributed by atoms with Gasteiger partial charge in [0, 0.05) is 0 Å². The number of carbonyl (C=O) groups is 1. The van der Waals surface area contributed by atoms with Crippen LogP contribution in [0.15, 0.2) is 28.2 Å². The molecule has 8 heteroatoms. The highest BCUT2D eigenvalue weighted by Crippen LogP contribution is 2.26. The van der Waals surface area contributed by atoms with Crippen molar-refractivity contribution in [2.24, 2.45) is 27.2 Å². The first kappa shape index (κ1) is 15.8. The number of ether oxygens (including phenoxy) is 1. The number of carbonyl (C=O) groups excluding carboxylic acids is 1. The van der Waals surface area contributed by atoms with Crippen molar-refractivity contribution in [3.05, 3.63) is 28.8 Å². The molecule has 0 saturated heterocycles. The Morgan fingerprint density at radius 3 is 2.50 bits per heavy atom. The molecular weight excluding hydrogens is 282 g/mol. The summed E-state index contributed by atoms with van der Waals surface area (Å²) in [5, 5.41) is 0.305. The molecule has 1 aromatic carbocycles. The van der Waals surface area contributed by atoms with Crippen LogP contribution in [0.4, 0.5) is 5.69 Å². The lowest BCUT2D eigenvalue weighted by atomic mass is 10.2. The fraction of sp³-hybridized carbons (Fsp3) is 0.250. The molecule has 0 aliphatic rings. The van der Waals surface area contributed by atoms with Gasteiger partial charge in [0.1, 0.15) is 0 Å². The highest BCUT2D eigenvalue weighted by molar-refractivity contribution is 6.33. The normalized spacial score (nSPS) is 11.3. The van der Waals surface area contributed by atoms with Crippen molar-refractivity contribution in [3.63, 3.8) is 0 Å². The van der Waals surface area contributed by atoms with Gasteiger partial charge in [0.25, 0.3) is 0 Å². The molecule has 0 radical (unpaired) electrons. The minimum atomic E-state index is -0.478. The van der Waals surface area contributed by atoms with E-state index in [2.05, 4.69) is 9.98 Å². The molecule has 0 aliphatic heterocycles. The van der Waals surface area contributed by atoms with Crippen LogP contribution in [0.3, 0.4) is 0 Å². The van der Waals surface area contributed by atoms with Crippen LogP contribution in [0.1, 0.15) is 24.2 Å². The summed E-state index contributed by atoms with van der Waals surface area (Å²) in [5.41, 5.74) is 16.4. The molecule has 0 aromatic heterocycles. The van der Waals surface area contributed by atoms with Gasteiger partial charge in [-0.25, -0.2) is 9.79 Å². The van der Waals surface area contributed by atoms with E-state index in [1.54, 1.807) is 13.8 Å². The Kier molecular flexibility index (Phi) is 5.33. The van der Waals surface area contributed by atoms with Gasteiger partial charge in [0.05, 0.1) is 22.4 Å². The number of rotatable bonds is 3. The quantitative estimate of drug-likeness (QED) is 0.437. The fourth-order valence-electron chi connectivity index (χ4n) is 1.29. The Morgan fingerprint density at radius 1 is 1.30 bits per heavy atom. The zero-order chi connectivity index (χ0) is 15.3. The monoisotopic (exact) mass is 297 g/mol. The summed E-state index contributed by atoms with van der Waals surface area (Å²) in [7, 11) is 0. The maximum absolute atomic E-state index is 11.8. The van der Waals surface area contributed by atoms with E-state index in [4.69, 9.17) is 33.5 Å². The Labute approximate surface area is 121 Å². The number of aliphatic imine (C=N–C) groups is 2. The third-order valence-electron chi connectivity index (χ3n) is 2.00. The van der Waals surface area contributed by atoms with Crippen molar-refractivity contribution in [2.45, 2.75) is 20.0 Å². The van der Waals surface area contributed by atoms with Crippen molar-refractivity contribution < 1.29 is 9.53 Å². The summed E-state index contributed by atoms with van der Waals surface area (Å²) in [6, 6.07) is 4.49. The van der Waals surface area contributed by atoms with Crippen LogP contribution < -0.4 is 17.2 Å². The Morgan fingerprint density at radius 2 is 1.95 bits per heavy atom. The lowest BCUT2D eigenvalue weighted by Crippen LogP contribution is -2.26. The molecule has 7 nitrogen and oxygen atoms in total. The lowest BCUT2D eigenvalue weighted by Gasteiger charge is -2.08. The summed E-state index contributed by atoms with van der Waals surface area (Å²) in [5.74, 6) is -0.868. The highest BCUT2D eigenvalue weighted by atomic mass is 35.5. The molecule has 108 valence electrons. The van der Waals surface area contributed by atoms with Gasteiger partial charge in [-0.3, -0.25) is 0 Å². The third kappa shape index (κ3) is 4.77. The molecule has 0 atom stereocenters. The highest BCUT2D eigenvalue weighted by Gasteiger charge is 2.11. The van der Waals surface area contributed by atoms with Crippen LogP contribution in [-0.4, -0.2) is 24.0 Å². The summed E-state index contributed by atoms with van der Waals surface area (Å²) in [6.07, 6.45) is -0.225. The zero-order valence-corrected chi connectivity index (χ0v) is 11.9. The standard InChI is InChI=1S/C12H16ClN5O2/c1-6(2)20-10(19)7-3-4-8(13)9(5-7)17-12(16)18-11(14)15/h3-6H,1-2H3,(H6,14,15,16,17,18). The molecule has 0 saturated carbocycles. The van der Waals surface area contributed by atoms with Gasteiger partial charge < -0.3 is 21.9 Å². The van der Waals surface area contributed by atoms with Crippen molar-refractivity contribution in [1.29, 1.82) is 0 Å². The van der Waals surface area contributed by atoms with E-state index < -0.39 is 5.97 Å². The first-order valence-electron chi connectivity index (χ1n) is 5.74.